The van der Waals surface area contributed by atoms with Crippen LogP contribution in [0.4, 0.5) is 0 Å². The zero-order valence-electron chi connectivity index (χ0n) is 52.4. The number of unbranched alkanes of at least 4 members (excludes halogenated alkanes) is 24. The fourth-order valence-electron chi connectivity index (χ4n) is 9.04. The Kier molecular flexibility index (Phi) is 51.1. The number of phosphoric acid groups is 2. The molecule has 0 saturated heterocycles. The normalized spacial score (nSPS) is 14.8. The molecule has 0 aromatic rings. The predicted octanol–water partition coefficient (Wildman–Crippen LogP) is 16.6. The molecule has 3 unspecified atom stereocenters. The molecule has 0 aliphatic heterocycles. The van der Waals surface area contributed by atoms with Gasteiger partial charge in [-0.3, -0.25) is 37.3 Å². The van der Waals surface area contributed by atoms with Gasteiger partial charge in [0.25, 0.3) is 0 Å². The number of carbonyl (C=O) groups is 4. The summed E-state index contributed by atoms with van der Waals surface area (Å²) in [6, 6.07) is 0. The molecule has 0 heterocycles. The van der Waals surface area contributed by atoms with Gasteiger partial charge in [-0.1, -0.05) is 242 Å². The first-order valence-corrected chi connectivity index (χ1v) is 35.2. The van der Waals surface area contributed by atoms with Gasteiger partial charge in [-0.25, -0.2) is 9.13 Å². The monoisotopic (exact) mass is 1200 g/mol. The highest BCUT2D eigenvalue weighted by Crippen LogP contribution is 2.45. The summed E-state index contributed by atoms with van der Waals surface area (Å²) in [7, 11) is -9.88. The fraction of sp³-hybridized carbons (Fsp3) is 0.935. The molecule has 0 bridgehead atoms. The Hall–Kier alpha value is -1.94. The van der Waals surface area contributed by atoms with Crippen LogP contribution in [0.15, 0.2) is 0 Å². The molecule has 0 aliphatic carbocycles. The van der Waals surface area contributed by atoms with Crippen LogP contribution in [0, 0.1) is 23.7 Å². The van der Waals surface area contributed by atoms with Gasteiger partial charge in [0.05, 0.1) is 26.4 Å². The quantitative estimate of drug-likeness (QED) is 0.0222. The van der Waals surface area contributed by atoms with Crippen molar-refractivity contribution in [2.75, 3.05) is 39.6 Å². The van der Waals surface area contributed by atoms with Gasteiger partial charge in [-0.15, -0.1) is 0 Å². The Balaban J connectivity index is 5.24. The number of hydrogen-bond acceptors (Lipinski definition) is 15. The molecule has 6 atom stereocenters. The van der Waals surface area contributed by atoms with Crippen molar-refractivity contribution in [3.05, 3.63) is 0 Å². The molecule has 0 fully saturated rings. The van der Waals surface area contributed by atoms with Crippen LogP contribution in [0.1, 0.15) is 293 Å². The summed E-state index contributed by atoms with van der Waals surface area (Å²) in [6.45, 7) is 13.9. The maximum atomic E-state index is 12.9. The van der Waals surface area contributed by atoms with E-state index in [1.54, 1.807) is 0 Å². The highest BCUT2D eigenvalue weighted by atomic mass is 31.2. The molecular weight excluding hydrogens is 1080 g/mol. The number of hydrogen-bond donors (Lipinski definition) is 3. The number of ether oxygens (including phenoxy) is 4. The van der Waals surface area contributed by atoms with Gasteiger partial charge < -0.3 is 33.8 Å². The summed E-state index contributed by atoms with van der Waals surface area (Å²) in [4.78, 5) is 72.0. The van der Waals surface area contributed by atoms with Crippen molar-refractivity contribution >= 4 is 39.5 Å². The first-order chi connectivity index (χ1) is 38.6. The van der Waals surface area contributed by atoms with E-state index in [0.717, 1.165) is 108 Å². The largest absolute Gasteiger partial charge is 0.472 e. The van der Waals surface area contributed by atoms with E-state index < -0.39 is 97.5 Å². The van der Waals surface area contributed by atoms with Crippen LogP contribution in [-0.2, 0) is 65.4 Å². The molecule has 0 radical (unpaired) electrons. The Bertz CT molecular complexity index is 1630. The number of aliphatic hydroxyl groups excluding tert-OH is 1. The first kappa shape index (κ1) is 79.1. The number of phosphoric ester groups is 2. The van der Waals surface area contributed by atoms with E-state index in [0.29, 0.717) is 37.5 Å². The molecule has 17 nitrogen and oxygen atoms in total. The minimum absolute atomic E-state index is 0.101. The zero-order valence-corrected chi connectivity index (χ0v) is 54.2. The molecule has 0 saturated carbocycles. The van der Waals surface area contributed by atoms with Gasteiger partial charge >= 0.3 is 39.5 Å². The Morgan fingerprint density at radius 3 is 0.877 bits per heavy atom. The molecule has 3 N–H and O–H groups in total. The number of esters is 4. The van der Waals surface area contributed by atoms with Crippen LogP contribution >= 0.6 is 15.6 Å². The van der Waals surface area contributed by atoms with Gasteiger partial charge in [0.15, 0.2) is 12.2 Å². The standard InChI is InChI=1S/C62H120O17P2/c1-9-55(8)41-33-25-15-11-13-16-26-34-42-59(64)72-48-58(79-62(67)45-37-29-21-19-24-32-40-54(6)7)51-77-81(70,71)75-47-56(63)46-74-80(68,69)76-50-57(49-73-60(65)43-35-27-20-18-23-31-39-53(4)5)78-61(66)44-36-28-17-12-10-14-22-30-38-52(2)3/h52-58,63H,9-51H2,1-8H3,(H,68,69)(H,70,71)/t55?,56-,57+,58+/m0/s1. The van der Waals surface area contributed by atoms with Gasteiger partial charge in [0.1, 0.15) is 19.3 Å². The van der Waals surface area contributed by atoms with Crippen LogP contribution in [0.25, 0.3) is 0 Å². The molecule has 19 heteroatoms. The average Bonchev–Trinajstić information content (AvgIpc) is 3.41. The van der Waals surface area contributed by atoms with E-state index in [1.807, 2.05) is 0 Å². The van der Waals surface area contributed by atoms with Gasteiger partial charge in [0.2, 0.25) is 0 Å². The molecular formula is C62H120O17P2. The Morgan fingerprint density at radius 2 is 0.593 bits per heavy atom. The lowest BCUT2D eigenvalue weighted by molar-refractivity contribution is -0.161. The highest BCUT2D eigenvalue weighted by Gasteiger charge is 2.30. The molecule has 0 aromatic carbocycles. The van der Waals surface area contributed by atoms with Crippen molar-refractivity contribution < 1.29 is 80.2 Å². The van der Waals surface area contributed by atoms with E-state index in [-0.39, 0.29) is 25.7 Å². The van der Waals surface area contributed by atoms with Crippen LogP contribution in [0.2, 0.25) is 0 Å². The predicted molar refractivity (Wildman–Crippen MR) is 321 cm³/mol. The topological polar surface area (TPSA) is 237 Å². The molecule has 480 valence electrons. The van der Waals surface area contributed by atoms with E-state index in [9.17, 15) is 43.2 Å². The average molecular weight is 1200 g/mol. The maximum Gasteiger partial charge on any atom is 0.472 e. The number of carbonyl (C=O) groups excluding carboxylic acids is 4. The smallest absolute Gasteiger partial charge is 0.462 e. The summed E-state index contributed by atoms with van der Waals surface area (Å²) in [6.07, 6.45) is 31.0. The molecule has 0 aromatic heterocycles. The molecule has 81 heavy (non-hydrogen) atoms. The molecule has 0 amide bonds. The lowest BCUT2D eigenvalue weighted by Crippen LogP contribution is -2.30. The number of rotatable bonds is 59. The van der Waals surface area contributed by atoms with E-state index >= 15 is 0 Å². The van der Waals surface area contributed by atoms with Crippen molar-refractivity contribution in [1.82, 2.24) is 0 Å². The molecule has 0 aliphatic rings. The Morgan fingerprint density at radius 1 is 0.346 bits per heavy atom. The summed E-state index contributed by atoms with van der Waals surface area (Å²) < 4.78 is 67.8. The van der Waals surface area contributed by atoms with Gasteiger partial charge in [-0.2, -0.15) is 0 Å². The van der Waals surface area contributed by atoms with Crippen molar-refractivity contribution in [3.63, 3.8) is 0 Å². The van der Waals surface area contributed by atoms with E-state index in [4.69, 9.17) is 37.0 Å². The van der Waals surface area contributed by atoms with Crippen molar-refractivity contribution in [3.8, 4) is 0 Å². The lowest BCUT2D eigenvalue weighted by Gasteiger charge is -2.21. The zero-order chi connectivity index (χ0) is 60.4. The Labute approximate surface area is 492 Å². The fourth-order valence-corrected chi connectivity index (χ4v) is 10.6. The maximum absolute atomic E-state index is 12.9. The number of aliphatic hydroxyl groups is 1. The lowest BCUT2D eigenvalue weighted by atomic mass is 9.99. The third kappa shape index (κ3) is 55.7. The third-order valence-electron chi connectivity index (χ3n) is 14.4. The second kappa shape index (κ2) is 52.4. The van der Waals surface area contributed by atoms with Crippen LogP contribution in [0.3, 0.4) is 0 Å². The van der Waals surface area contributed by atoms with Gasteiger partial charge in [0, 0.05) is 25.7 Å². The summed E-state index contributed by atoms with van der Waals surface area (Å²) in [5, 5.41) is 10.5. The van der Waals surface area contributed by atoms with Crippen molar-refractivity contribution in [2.24, 2.45) is 23.7 Å². The first-order valence-electron chi connectivity index (χ1n) is 32.2. The third-order valence-corrected chi connectivity index (χ3v) is 16.3. The minimum atomic E-state index is -4.94. The SMILES string of the molecule is CCC(C)CCCCCCCCCCC(=O)OC[C@H](COP(=O)(O)OC[C@@H](O)COP(=O)(O)OC[C@@H](COC(=O)CCCCCCCCC(C)C)OC(=O)CCCCCCCCCCC(C)C)OC(=O)CCCCCCCCC(C)C. The molecule has 0 spiro atoms. The minimum Gasteiger partial charge on any atom is -0.462 e. The second-order valence-electron chi connectivity index (χ2n) is 24.1. The van der Waals surface area contributed by atoms with Crippen LogP contribution in [-0.4, -0.2) is 96.7 Å². The van der Waals surface area contributed by atoms with Crippen molar-refractivity contribution in [2.45, 2.75) is 311 Å². The summed E-state index contributed by atoms with van der Waals surface area (Å²) in [5.41, 5.74) is 0. The summed E-state index contributed by atoms with van der Waals surface area (Å²) in [5.74, 6) is 0.696. The molecule has 0 rings (SSSR count). The van der Waals surface area contributed by atoms with Crippen LogP contribution < -0.4 is 0 Å². The highest BCUT2D eigenvalue weighted by molar-refractivity contribution is 7.47. The second-order valence-corrected chi connectivity index (χ2v) is 27.0. The van der Waals surface area contributed by atoms with Crippen molar-refractivity contribution in [1.29, 1.82) is 0 Å². The van der Waals surface area contributed by atoms with Gasteiger partial charge in [-0.05, 0) is 49.4 Å². The van der Waals surface area contributed by atoms with E-state index in [2.05, 4.69) is 55.4 Å². The van der Waals surface area contributed by atoms with E-state index in [1.165, 1.54) is 89.9 Å². The summed E-state index contributed by atoms with van der Waals surface area (Å²) >= 11 is 0. The van der Waals surface area contributed by atoms with Crippen LogP contribution in [0.5, 0.6) is 0 Å².